The molecule has 1 atom stereocenters. The molecule has 1 saturated heterocycles. The number of oxime groups is 1. The zero-order chi connectivity index (χ0) is 19.9. The lowest BCUT2D eigenvalue weighted by molar-refractivity contribution is 0.0438. The van der Waals surface area contributed by atoms with Crippen LogP contribution in [0.3, 0.4) is 0 Å². The fourth-order valence-electron chi connectivity index (χ4n) is 3.49. The molecule has 148 valence electrons. The summed E-state index contributed by atoms with van der Waals surface area (Å²) in [6.07, 6.45) is 0.603. The summed E-state index contributed by atoms with van der Waals surface area (Å²) in [4.78, 5) is 19.7. The molecule has 2 aromatic carbocycles. The number of carbonyl (C=O) groups is 1. The molecule has 3 rings (SSSR count). The molecule has 0 spiro atoms. The predicted molar refractivity (Wildman–Crippen MR) is 108 cm³/mol. The summed E-state index contributed by atoms with van der Waals surface area (Å²) >= 11 is 0. The van der Waals surface area contributed by atoms with Gasteiger partial charge in [-0.05, 0) is 35.7 Å². The topological polar surface area (TPSA) is 71.4 Å². The van der Waals surface area contributed by atoms with Gasteiger partial charge in [0.15, 0.2) is 0 Å². The summed E-state index contributed by atoms with van der Waals surface area (Å²) in [5, 5.41) is 12.9. The minimum absolute atomic E-state index is 0.0416. The SMILES string of the molecule is CO/N=C1\C[C@@H](COCCO)N(C(=O)c2ccc(-c3ccccc3C)cc2)C1. The number of rotatable bonds is 7. The molecule has 6 heteroatoms. The minimum atomic E-state index is -0.121. The van der Waals surface area contributed by atoms with Gasteiger partial charge in [0.2, 0.25) is 0 Å². The van der Waals surface area contributed by atoms with Crippen molar-refractivity contribution in [1.82, 2.24) is 4.90 Å². The Balaban J connectivity index is 1.77. The van der Waals surface area contributed by atoms with Crippen LogP contribution in [0.1, 0.15) is 22.3 Å². The number of hydrogen-bond acceptors (Lipinski definition) is 5. The number of aryl methyl sites for hydroxylation is 1. The summed E-state index contributed by atoms with van der Waals surface area (Å²) < 4.78 is 5.46. The van der Waals surface area contributed by atoms with Crippen LogP contribution in [-0.2, 0) is 9.57 Å². The maximum atomic E-state index is 13.1. The van der Waals surface area contributed by atoms with Gasteiger partial charge in [-0.1, -0.05) is 41.6 Å². The molecule has 1 N–H and O–H groups in total. The van der Waals surface area contributed by atoms with Crippen molar-refractivity contribution in [2.75, 3.05) is 33.5 Å². The standard InChI is InChI=1S/C22H26N2O4/c1-16-5-3-4-6-21(16)17-7-9-18(10-8-17)22(26)24-14-19(23-27-2)13-20(24)15-28-12-11-25/h3-10,20,25H,11-15H2,1-2H3/b23-19+/t20-/m0/s1. The molecule has 0 aliphatic carbocycles. The van der Waals surface area contributed by atoms with E-state index in [4.69, 9.17) is 14.7 Å². The van der Waals surface area contributed by atoms with Gasteiger partial charge in [0, 0.05) is 12.0 Å². The summed E-state index contributed by atoms with van der Waals surface area (Å²) in [7, 11) is 1.50. The van der Waals surface area contributed by atoms with Crippen molar-refractivity contribution in [2.24, 2.45) is 5.16 Å². The van der Waals surface area contributed by atoms with Crippen LogP contribution < -0.4 is 0 Å². The Morgan fingerprint density at radius 2 is 1.96 bits per heavy atom. The van der Waals surface area contributed by atoms with Gasteiger partial charge < -0.3 is 19.6 Å². The van der Waals surface area contributed by atoms with E-state index < -0.39 is 0 Å². The fourth-order valence-corrected chi connectivity index (χ4v) is 3.49. The summed E-state index contributed by atoms with van der Waals surface area (Å²) in [5.41, 5.74) is 4.88. The van der Waals surface area contributed by atoms with E-state index in [2.05, 4.69) is 24.2 Å². The lowest BCUT2D eigenvalue weighted by Crippen LogP contribution is -2.38. The van der Waals surface area contributed by atoms with Gasteiger partial charge >= 0.3 is 0 Å². The second-order valence-electron chi connectivity index (χ2n) is 6.82. The molecule has 1 aliphatic rings. The second-order valence-corrected chi connectivity index (χ2v) is 6.82. The van der Waals surface area contributed by atoms with E-state index in [1.807, 2.05) is 36.4 Å². The first-order valence-electron chi connectivity index (χ1n) is 9.38. The van der Waals surface area contributed by atoms with Gasteiger partial charge in [0.25, 0.3) is 5.91 Å². The van der Waals surface area contributed by atoms with Crippen LogP contribution >= 0.6 is 0 Å². The highest BCUT2D eigenvalue weighted by Gasteiger charge is 2.34. The summed E-state index contributed by atoms with van der Waals surface area (Å²) in [6, 6.07) is 15.7. The molecule has 1 aliphatic heterocycles. The fraction of sp³-hybridized carbons (Fsp3) is 0.364. The van der Waals surface area contributed by atoms with E-state index in [-0.39, 0.29) is 25.2 Å². The van der Waals surface area contributed by atoms with E-state index >= 15 is 0 Å². The maximum absolute atomic E-state index is 13.1. The Labute approximate surface area is 165 Å². The van der Waals surface area contributed by atoms with Crippen LogP contribution in [0.4, 0.5) is 0 Å². The zero-order valence-electron chi connectivity index (χ0n) is 16.3. The Bertz CT molecular complexity index is 833. The second kappa shape index (κ2) is 9.48. The third-order valence-corrected chi connectivity index (χ3v) is 4.88. The van der Waals surface area contributed by atoms with Gasteiger partial charge in [-0.2, -0.15) is 0 Å². The van der Waals surface area contributed by atoms with Crippen molar-refractivity contribution in [1.29, 1.82) is 0 Å². The van der Waals surface area contributed by atoms with E-state index in [9.17, 15) is 4.79 Å². The number of aliphatic hydroxyl groups excluding tert-OH is 1. The molecule has 1 fully saturated rings. The minimum Gasteiger partial charge on any atom is -0.399 e. The largest absolute Gasteiger partial charge is 0.399 e. The van der Waals surface area contributed by atoms with Crippen molar-refractivity contribution < 1.29 is 19.5 Å². The van der Waals surface area contributed by atoms with Crippen LogP contribution in [0.5, 0.6) is 0 Å². The number of carbonyl (C=O) groups excluding carboxylic acids is 1. The molecule has 1 heterocycles. The highest BCUT2D eigenvalue weighted by molar-refractivity contribution is 6.00. The van der Waals surface area contributed by atoms with Gasteiger partial charge in [-0.15, -0.1) is 0 Å². The van der Waals surface area contributed by atoms with Gasteiger partial charge in [0.1, 0.15) is 7.11 Å². The first-order valence-corrected chi connectivity index (χ1v) is 9.38. The normalized spacial score (nSPS) is 17.9. The van der Waals surface area contributed by atoms with Crippen molar-refractivity contribution in [3.63, 3.8) is 0 Å². The van der Waals surface area contributed by atoms with Crippen molar-refractivity contribution in [2.45, 2.75) is 19.4 Å². The van der Waals surface area contributed by atoms with E-state index in [0.717, 1.165) is 16.8 Å². The quantitative estimate of drug-likeness (QED) is 0.590. The Morgan fingerprint density at radius 3 is 2.64 bits per heavy atom. The first-order chi connectivity index (χ1) is 13.6. The Kier molecular flexibility index (Phi) is 6.79. The monoisotopic (exact) mass is 382 g/mol. The lowest BCUT2D eigenvalue weighted by atomic mass is 9.99. The molecule has 0 unspecified atom stereocenters. The molecule has 28 heavy (non-hydrogen) atoms. The van der Waals surface area contributed by atoms with Crippen LogP contribution in [-0.4, -0.2) is 61.1 Å². The molecule has 0 radical (unpaired) electrons. The average molecular weight is 382 g/mol. The molecular formula is C22H26N2O4. The highest BCUT2D eigenvalue weighted by Crippen LogP contribution is 2.25. The average Bonchev–Trinajstić information content (AvgIpc) is 3.11. The van der Waals surface area contributed by atoms with E-state index in [1.54, 1.807) is 4.90 Å². The number of aliphatic hydroxyl groups is 1. The van der Waals surface area contributed by atoms with Crippen molar-refractivity contribution in [3.8, 4) is 11.1 Å². The van der Waals surface area contributed by atoms with Gasteiger partial charge in [0.05, 0.1) is 38.1 Å². The Hall–Kier alpha value is -2.70. The van der Waals surface area contributed by atoms with Crippen LogP contribution in [0.2, 0.25) is 0 Å². The van der Waals surface area contributed by atoms with Crippen LogP contribution in [0, 0.1) is 6.92 Å². The van der Waals surface area contributed by atoms with Gasteiger partial charge in [-0.25, -0.2) is 0 Å². The number of benzene rings is 2. The van der Waals surface area contributed by atoms with Crippen molar-refractivity contribution >= 4 is 11.6 Å². The molecule has 0 aromatic heterocycles. The highest BCUT2D eigenvalue weighted by atomic mass is 16.6. The summed E-state index contributed by atoms with van der Waals surface area (Å²) in [5.74, 6) is -0.0600. The first kappa shape index (κ1) is 20.0. The molecule has 0 bridgehead atoms. The number of ether oxygens (including phenoxy) is 1. The van der Waals surface area contributed by atoms with Crippen LogP contribution in [0.25, 0.3) is 11.1 Å². The number of amides is 1. The third kappa shape index (κ3) is 4.58. The Morgan fingerprint density at radius 1 is 1.21 bits per heavy atom. The third-order valence-electron chi connectivity index (χ3n) is 4.88. The molecule has 2 aromatic rings. The van der Waals surface area contributed by atoms with E-state index in [0.29, 0.717) is 25.1 Å². The van der Waals surface area contributed by atoms with E-state index in [1.165, 1.54) is 12.7 Å². The van der Waals surface area contributed by atoms with Gasteiger partial charge in [-0.3, -0.25) is 4.79 Å². The molecule has 6 nitrogen and oxygen atoms in total. The molecule has 1 amide bonds. The van der Waals surface area contributed by atoms with Crippen LogP contribution in [0.15, 0.2) is 53.7 Å². The van der Waals surface area contributed by atoms with Crippen molar-refractivity contribution in [3.05, 3.63) is 59.7 Å². The smallest absolute Gasteiger partial charge is 0.254 e. The number of hydrogen-bond donors (Lipinski definition) is 1. The molecular weight excluding hydrogens is 356 g/mol. The number of likely N-dealkylation sites (tertiary alicyclic amines) is 1. The predicted octanol–water partition coefficient (Wildman–Crippen LogP) is 2.89. The lowest BCUT2D eigenvalue weighted by Gasteiger charge is -2.24. The zero-order valence-corrected chi connectivity index (χ0v) is 16.3. The maximum Gasteiger partial charge on any atom is 0.254 e. The molecule has 0 saturated carbocycles. The number of nitrogens with zero attached hydrogens (tertiary/aromatic N) is 2. The summed E-state index contributed by atoms with van der Waals surface area (Å²) in [6.45, 7) is 3.06.